The van der Waals surface area contributed by atoms with E-state index in [0.29, 0.717) is 13.0 Å². The minimum Gasteiger partial charge on any atom is -0.393 e. The number of hydrogen-bond donors (Lipinski definition) is 3. The number of carbonyl (C=O) groups is 1. The van der Waals surface area contributed by atoms with E-state index < -0.39 is 0 Å². The Morgan fingerprint density at radius 1 is 1.41 bits per heavy atom. The summed E-state index contributed by atoms with van der Waals surface area (Å²) < 4.78 is 0. The predicted octanol–water partition coefficient (Wildman–Crippen LogP) is 1.04. The summed E-state index contributed by atoms with van der Waals surface area (Å²) in [7, 11) is 0. The number of hydrogen-bond acceptors (Lipinski definition) is 3. The lowest BCUT2D eigenvalue weighted by molar-refractivity contribution is -0.121. The van der Waals surface area contributed by atoms with Crippen molar-refractivity contribution >= 4 is 5.91 Å². The molecule has 3 unspecified atom stereocenters. The molecule has 0 aromatic rings. The van der Waals surface area contributed by atoms with Gasteiger partial charge < -0.3 is 15.7 Å². The molecule has 0 aliphatic heterocycles. The number of aliphatic hydroxyl groups excluding tert-OH is 1. The van der Waals surface area contributed by atoms with Gasteiger partial charge in [0.1, 0.15) is 0 Å². The van der Waals surface area contributed by atoms with Gasteiger partial charge in [0.05, 0.1) is 6.10 Å². The van der Waals surface area contributed by atoms with Crippen LogP contribution in [0.4, 0.5) is 0 Å². The summed E-state index contributed by atoms with van der Waals surface area (Å²) in [4.78, 5) is 11.6. The van der Waals surface area contributed by atoms with Crippen molar-refractivity contribution in [2.45, 2.75) is 58.1 Å². The molecule has 3 N–H and O–H groups in total. The molecule has 4 heteroatoms. The third kappa shape index (κ3) is 5.50. The van der Waals surface area contributed by atoms with Crippen LogP contribution in [0.2, 0.25) is 0 Å². The van der Waals surface area contributed by atoms with Gasteiger partial charge in [-0.15, -0.1) is 0 Å². The van der Waals surface area contributed by atoms with Gasteiger partial charge in [-0.1, -0.05) is 19.8 Å². The van der Waals surface area contributed by atoms with E-state index in [2.05, 4.69) is 10.6 Å². The monoisotopic (exact) mass is 242 g/mol. The Balaban J connectivity index is 2.18. The molecule has 100 valence electrons. The highest BCUT2D eigenvalue weighted by Crippen LogP contribution is 2.23. The lowest BCUT2D eigenvalue weighted by Gasteiger charge is -2.27. The van der Waals surface area contributed by atoms with Gasteiger partial charge >= 0.3 is 0 Å². The van der Waals surface area contributed by atoms with Crippen LogP contribution in [-0.4, -0.2) is 36.2 Å². The molecule has 1 amide bonds. The average Bonchev–Trinajstić information content (AvgIpc) is 2.28. The van der Waals surface area contributed by atoms with Crippen LogP contribution in [0, 0.1) is 5.92 Å². The number of carbonyl (C=O) groups excluding carboxylic acids is 1. The first-order valence-corrected chi connectivity index (χ1v) is 6.81. The molecule has 0 heterocycles. The van der Waals surface area contributed by atoms with Gasteiger partial charge in [-0.3, -0.25) is 4.79 Å². The molecule has 1 aliphatic carbocycles. The summed E-state index contributed by atoms with van der Waals surface area (Å²) in [6, 6.07) is 0.219. The maximum absolute atomic E-state index is 11.6. The zero-order valence-corrected chi connectivity index (χ0v) is 11.0. The third-order valence-corrected chi connectivity index (χ3v) is 3.47. The smallest absolute Gasteiger partial charge is 0.221 e. The highest BCUT2D eigenvalue weighted by molar-refractivity contribution is 5.76. The van der Waals surface area contributed by atoms with Crippen LogP contribution >= 0.6 is 0 Å². The first kappa shape index (κ1) is 14.5. The van der Waals surface area contributed by atoms with Crippen LogP contribution in [0.3, 0.4) is 0 Å². The number of nitrogens with one attached hydrogen (secondary N) is 2. The lowest BCUT2D eigenvalue weighted by atomic mass is 9.86. The number of amides is 1. The standard InChI is InChI=1S/C13H26N2O2/c1-3-14-10(2)8-13(17)15-9-11-6-4-5-7-12(11)16/h10-12,14,16H,3-9H2,1-2H3,(H,15,17). The average molecular weight is 242 g/mol. The molecule has 0 radical (unpaired) electrons. The van der Waals surface area contributed by atoms with Crippen LogP contribution in [0.5, 0.6) is 0 Å². The largest absolute Gasteiger partial charge is 0.393 e. The van der Waals surface area contributed by atoms with E-state index in [9.17, 15) is 9.90 Å². The molecule has 1 fully saturated rings. The van der Waals surface area contributed by atoms with E-state index in [4.69, 9.17) is 0 Å². The van der Waals surface area contributed by atoms with E-state index in [1.165, 1.54) is 6.42 Å². The second-order valence-electron chi connectivity index (χ2n) is 5.08. The Bertz CT molecular complexity index is 233. The number of rotatable bonds is 6. The fraction of sp³-hybridized carbons (Fsp3) is 0.923. The minimum absolute atomic E-state index is 0.0798. The van der Waals surface area contributed by atoms with E-state index in [-0.39, 0.29) is 24.0 Å². The summed E-state index contributed by atoms with van der Waals surface area (Å²) in [5.41, 5.74) is 0. The van der Waals surface area contributed by atoms with Crippen molar-refractivity contribution in [1.82, 2.24) is 10.6 Å². The quantitative estimate of drug-likeness (QED) is 0.652. The zero-order valence-electron chi connectivity index (χ0n) is 11.0. The van der Waals surface area contributed by atoms with Crippen LogP contribution in [0.15, 0.2) is 0 Å². The second kappa shape index (κ2) is 7.67. The van der Waals surface area contributed by atoms with Crippen LogP contribution in [0.1, 0.15) is 46.0 Å². The van der Waals surface area contributed by atoms with Gasteiger partial charge in [-0.05, 0) is 26.3 Å². The topological polar surface area (TPSA) is 61.4 Å². The first-order chi connectivity index (χ1) is 8.13. The highest BCUT2D eigenvalue weighted by atomic mass is 16.3. The molecule has 3 atom stereocenters. The van der Waals surface area contributed by atoms with Gasteiger partial charge in [0.25, 0.3) is 0 Å². The number of aliphatic hydroxyl groups is 1. The SMILES string of the molecule is CCNC(C)CC(=O)NCC1CCCCC1O. The van der Waals surface area contributed by atoms with E-state index in [0.717, 1.165) is 25.8 Å². The van der Waals surface area contributed by atoms with Gasteiger partial charge in [0, 0.05) is 24.9 Å². The molecule has 0 aromatic heterocycles. The molecular weight excluding hydrogens is 216 g/mol. The van der Waals surface area contributed by atoms with E-state index >= 15 is 0 Å². The normalized spacial score (nSPS) is 26.5. The van der Waals surface area contributed by atoms with Crippen molar-refractivity contribution in [3.05, 3.63) is 0 Å². The van der Waals surface area contributed by atoms with Crippen LogP contribution in [0.25, 0.3) is 0 Å². The molecule has 0 aromatic carbocycles. The predicted molar refractivity (Wildman–Crippen MR) is 68.7 cm³/mol. The molecule has 0 bridgehead atoms. The Labute approximate surface area is 104 Å². The Kier molecular flexibility index (Phi) is 6.52. The van der Waals surface area contributed by atoms with Crippen molar-refractivity contribution in [2.75, 3.05) is 13.1 Å². The zero-order chi connectivity index (χ0) is 12.7. The van der Waals surface area contributed by atoms with E-state index in [1.807, 2.05) is 13.8 Å². The van der Waals surface area contributed by atoms with E-state index in [1.54, 1.807) is 0 Å². The summed E-state index contributed by atoms with van der Waals surface area (Å²) >= 11 is 0. The Morgan fingerprint density at radius 2 is 2.12 bits per heavy atom. The molecule has 1 aliphatic rings. The molecular formula is C13H26N2O2. The molecule has 0 saturated heterocycles. The summed E-state index contributed by atoms with van der Waals surface area (Å²) in [5, 5.41) is 15.9. The minimum atomic E-state index is -0.227. The third-order valence-electron chi connectivity index (χ3n) is 3.47. The molecule has 1 rings (SSSR count). The lowest BCUT2D eigenvalue weighted by Crippen LogP contribution is -2.39. The van der Waals surface area contributed by atoms with Gasteiger partial charge in [0.2, 0.25) is 5.91 Å². The van der Waals surface area contributed by atoms with Gasteiger partial charge in [0.15, 0.2) is 0 Å². The molecule has 0 spiro atoms. The van der Waals surface area contributed by atoms with Crippen molar-refractivity contribution in [2.24, 2.45) is 5.92 Å². The van der Waals surface area contributed by atoms with Crippen molar-refractivity contribution < 1.29 is 9.90 Å². The molecule has 17 heavy (non-hydrogen) atoms. The Hall–Kier alpha value is -0.610. The molecule has 4 nitrogen and oxygen atoms in total. The maximum Gasteiger partial charge on any atom is 0.221 e. The Morgan fingerprint density at radius 3 is 2.76 bits per heavy atom. The summed E-state index contributed by atoms with van der Waals surface area (Å²) in [6.45, 7) is 5.56. The van der Waals surface area contributed by atoms with Crippen molar-refractivity contribution in [3.63, 3.8) is 0 Å². The van der Waals surface area contributed by atoms with Crippen LogP contribution in [-0.2, 0) is 4.79 Å². The fourth-order valence-corrected chi connectivity index (χ4v) is 2.44. The highest BCUT2D eigenvalue weighted by Gasteiger charge is 2.23. The van der Waals surface area contributed by atoms with Crippen LogP contribution < -0.4 is 10.6 Å². The summed E-state index contributed by atoms with van der Waals surface area (Å²) in [5.74, 6) is 0.332. The fourth-order valence-electron chi connectivity index (χ4n) is 2.44. The molecule has 1 saturated carbocycles. The van der Waals surface area contributed by atoms with Crippen molar-refractivity contribution in [1.29, 1.82) is 0 Å². The summed E-state index contributed by atoms with van der Waals surface area (Å²) in [6.07, 6.45) is 4.49. The first-order valence-electron chi connectivity index (χ1n) is 6.81. The van der Waals surface area contributed by atoms with Gasteiger partial charge in [-0.25, -0.2) is 0 Å². The second-order valence-corrected chi connectivity index (χ2v) is 5.08. The maximum atomic E-state index is 11.6. The van der Waals surface area contributed by atoms with Gasteiger partial charge in [-0.2, -0.15) is 0 Å². The van der Waals surface area contributed by atoms with Crippen molar-refractivity contribution in [3.8, 4) is 0 Å².